The van der Waals surface area contributed by atoms with E-state index in [-0.39, 0.29) is 12.3 Å². The Kier molecular flexibility index (Phi) is 8.73. The number of likely N-dealkylation sites (tertiary alicyclic amines) is 1. The van der Waals surface area contributed by atoms with Crippen LogP contribution in [0.2, 0.25) is 0 Å². The fourth-order valence-electron chi connectivity index (χ4n) is 4.82. The highest BCUT2D eigenvalue weighted by molar-refractivity contribution is 5.94. The molecule has 184 valence electrons. The van der Waals surface area contributed by atoms with Gasteiger partial charge >= 0.3 is 6.18 Å². The molecule has 2 aliphatic heterocycles. The summed E-state index contributed by atoms with van der Waals surface area (Å²) in [4.78, 5) is 17.0. The summed E-state index contributed by atoms with van der Waals surface area (Å²) < 4.78 is 49.8. The number of H-pyrrole nitrogens is 1. The number of halogens is 4. The number of allylic oxidation sites excluding steroid dienone is 4. The summed E-state index contributed by atoms with van der Waals surface area (Å²) >= 11 is 0. The van der Waals surface area contributed by atoms with Crippen molar-refractivity contribution in [3.63, 3.8) is 0 Å². The standard InChI is InChI=1S/C24H34F4N4O/c1-17(2)19(6-3-4-11-25)18-7-14-32(15-8-18)23(33)22-20-16-31(12-5-10-24(26,27)28)13-9-21(20)29-30-22/h3-4,6,17-18H,5,7-16H2,1-2H3,(H,29,30)/b4-3-,19-6+. The highest BCUT2D eigenvalue weighted by atomic mass is 19.4. The summed E-state index contributed by atoms with van der Waals surface area (Å²) in [6.07, 6.45) is 2.72. The molecule has 0 aliphatic carbocycles. The quantitative estimate of drug-likeness (QED) is 0.426. The second-order valence-electron chi connectivity index (χ2n) is 9.24. The van der Waals surface area contributed by atoms with Crippen molar-refractivity contribution in [3.05, 3.63) is 40.8 Å². The van der Waals surface area contributed by atoms with E-state index in [0.29, 0.717) is 56.7 Å². The van der Waals surface area contributed by atoms with E-state index in [1.165, 1.54) is 11.6 Å². The van der Waals surface area contributed by atoms with Gasteiger partial charge < -0.3 is 4.90 Å². The normalized spacial score (nSPS) is 19.0. The molecule has 3 heterocycles. The largest absolute Gasteiger partial charge is 0.389 e. The van der Waals surface area contributed by atoms with E-state index in [1.54, 1.807) is 6.08 Å². The molecule has 3 rings (SSSR count). The van der Waals surface area contributed by atoms with Crippen molar-refractivity contribution < 1.29 is 22.4 Å². The molecule has 2 aliphatic rings. The fraction of sp³-hybridized carbons (Fsp3) is 0.667. The van der Waals surface area contributed by atoms with Crippen molar-refractivity contribution >= 4 is 5.91 Å². The first kappa shape index (κ1) is 25.5. The Balaban J connectivity index is 1.59. The molecule has 1 aromatic rings. The van der Waals surface area contributed by atoms with E-state index in [2.05, 4.69) is 24.0 Å². The third-order valence-electron chi connectivity index (χ3n) is 6.58. The van der Waals surface area contributed by atoms with Crippen molar-refractivity contribution in [2.75, 3.05) is 32.9 Å². The molecule has 0 saturated carbocycles. The second kappa shape index (κ2) is 11.3. The number of carbonyl (C=O) groups is 1. The fourth-order valence-corrected chi connectivity index (χ4v) is 4.82. The van der Waals surface area contributed by atoms with Crippen LogP contribution in [-0.2, 0) is 13.0 Å². The van der Waals surface area contributed by atoms with Gasteiger partial charge in [-0.1, -0.05) is 37.6 Å². The lowest BCUT2D eigenvalue weighted by Crippen LogP contribution is -2.40. The van der Waals surface area contributed by atoms with E-state index in [0.717, 1.165) is 24.1 Å². The zero-order valence-corrected chi connectivity index (χ0v) is 19.4. The third kappa shape index (κ3) is 6.91. The molecule has 9 heteroatoms. The molecular formula is C24H34F4N4O. The lowest BCUT2D eigenvalue weighted by molar-refractivity contribution is -0.136. The van der Waals surface area contributed by atoms with Crippen LogP contribution >= 0.6 is 0 Å². The Labute approximate surface area is 192 Å². The average molecular weight is 471 g/mol. The van der Waals surface area contributed by atoms with Gasteiger partial charge in [-0.05, 0) is 37.6 Å². The van der Waals surface area contributed by atoms with Crippen molar-refractivity contribution in [1.29, 1.82) is 0 Å². The molecular weight excluding hydrogens is 436 g/mol. The van der Waals surface area contributed by atoms with Gasteiger partial charge in [-0.2, -0.15) is 18.3 Å². The Morgan fingerprint density at radius 2 is 1.97 bits per heavy atom. The molecule has 1 aromatic heterocycles. The lowest BCUT2D eigenvalue weighted by Gasteiger charge is -2.34. The lowest BCUT2D eigenvalue weighted by atomic mass is 9.83. The molecule has 1 N–H and O–H groups in total. The molecule has 33 heavy (non-hydrogen) atoms. The van der Waals surface area contributed by atoms with Crippen LogP contribution in [0.5, 0.6) is 0 Å². The number of hydrogen-bond acceptors (Lipinski definition) is 3. The molecule has 1 fully saturated rings. The zero-order chi connectivity index (χ0) is 24.0. The van der Waals surface area contributed by atoms with Gasteiger partial charge in [0.1, 0.15) is 6.67 Å². The molecule has 1 amide bonds. The molecule has 1 saturated heterocycles. The number of alkyl halides is 4. The van der Waals surface area contributed by atoms with Crippen molar-refractivity contribution in [1.82, 2.24) is 20.0 Å². The number of aromatic nitrogens is 2. The molecule has 5 nitrogen and oxygen atoms in total. The number of hydrogen-bond donors (Lipinski definition) is 1. The smallest absolute Gasteiger partial charge is 0.337 e. The Bertz CT molecular complexity index is 851. The minimum atomic E-state index is -4.14. The van der Waals surface area contributed by atoms with E-state index < -0.39 is 19.3 Å². The molecule has 0 radical (unpaired) electrons. The van der Waals surface area contributed by atoms with Crippen molar-refractivity contribution in [2.24, 2.45) is 11.8 Å². The number of amides is 1. The van der Waals surface area contributed by atoms with E-state index in [4.69, 9.17) is 0 Å². The predicted molar refractivity (Wildman–Crippen MR) is 120 cm³/mol. The Hall–Kier alpha value is -2.16. The van der Waals surface area contributed by atoms with E-state index in [9.17, 15) is 22.4 Å². The van der Waals surface area contributed by atoms with Crippen LogP contribution in [0.3, 0.4) is 0 Å². The number of fused-ring (bicyclic) bond motifs is 1. The SMILES string of the molecule is CC(C)/C(=C\C=C/CF)C1CCN(C(=O)c2n[nH]c3c2CN(CCCC(F)(F)F)CC3)CC1. The van der Waals surface area contributed by atoms with Crippen LogP contribution in [0.15, 0.2) is 23.8 Å². The van der Waals surface area contributed by atoms with E-state index >= 15 is 0 Å². The summed E-state index contributed by atoms with van der Waals surface area (Å²) in [5, 5.41) is 7.25. The average Bonchev–Trinajstić information content (AvgIpc) is 3.18. The summed E-state index contributed by atoms with van der Waals surface area (Å²) in [5.74, 6) is 0.592. The van der Waals surface area contributed by atoms with E-state index in [1.807, 2.05) is 15.9 Å². The van der Waals surface area contributed by atoms with Crippen LogP contribution in [0.4, 0.5) is 17.6 Å². The minimum Gasteiger partial charge on any atom is -0.337 e. The van der Waals surface area contributed by atoms with Crippen LogP contribution in [0, 0.1) is 11.8 Å². The Morgan fingerprint density at radius 3 is 2.61 bits per heavy atom. The number of rotatable bonds is 8. The van der Waals surface area contributed by atoms with Crippen molar-refractivity contribution in [2.45, 2.75) is 58.7 Å². The van der Waals surface area contributed by atoms with Gasteiger partial charge in [-0.3, -0.25) is 14.8 Å². The maximum absolute atomic E-state index is 13.2. The molecule has 0 atom stereocenters. The van der Waals surface area contributed by atoms with Gasteiger partial charge in [-0.15, -0.1) is 0 Å². The number of nitrogens with one attached hydrogen (secondary N) is 1. The Morgan fingerprint density at radius 1 is 1.24 bits per heavy atom. The second-order valence-corrected chi connectivity index (χ2v) is 9.24. The van der Waals surface area contributed by atoms with Crippen LogP contribution in [-0.4, -0.2) is 64.9 Å². The zero-order valence-electron chi connectivity index (χ0n) is 19.4. The summed E-state index contributed by atoms with van der Waals surface area (Å²) in [5.41, 5.74) is 3.40. The van der Waals surface area contributed by atoms with Crippen LogP contribution < -0.4 is 0 Å². The summed E-state index contributed by atoms with van der Waals surface area (Å²) in [7, 11) is 0. The molecule has 0 unspecified atom stereocenters. The van der Waals surface area contributed by atoms with Gasteiger partial charge in [0, 0.05) is 50.3 Å². The van der Waals surface area contributed by atoms with Gasteiger partial charge in [0.05, 0.1) is 0 Å². The van der Waals surface area contributed by atoms with Crippen molar-refractivity contribution in [3.8, 4) is 0 Å². The van der Waals surface area contributed by atoms with Gasteiger partial charge in [-0.25, -0.2) is 4.39 Å². The number of carbonyl (C=O) groups excluding carboxylic acids is 1. The topological polar surface area (TPSA) is 52.2 Å². The van der Waals surface area contributed by atoms with Gasteiger partial charge in [0.2, 0.25) is 0 Å². The first-order valence-corrected chi connectivity index (χ1v) is 11.8. The summed E-state index contributed by atoms with van der Waals surface area (Å²) in [6, 6.07) is 0. The van der Waals surface area contributed by atoms with Crippen LogP contribution in [0.1, 0.15) is 61.3 Å². The van der Waals surface area contributed by atoms with Crippen LogP contribution in [0.25, 0.3) is 0 Å². The number of nitrogens with zero attached hydrogens (tertiary/aromatic N) is 3. The summed E-state index contributed by atoms with van der Waals surface area (Å²) in [6.45, 7) is 6.48. The van der Waals surface area contributed by atoms with Gasteiger partial charge in [0.25, 0.3) is 5.91 Å². The molecule has 0 aromatic carbocycles. The highest BCUT2D eigenvalue weighted by Crippen LogP contribution is 2.31. The third-order valence-corrected chi connectivity index (χ3v) is 6.58. The maximum Gasteiger partial charge on any atom is 0.389 e. The highest BCUT2D eigenvalue weighted by Gasteiger charge is 2.32. The number of aromatic amines is 1. The first-order valence-electron chi connectivity index (χ1n) is 11.8. The van der Waals surface area contributed by atoms with Gasteiger partial charge in [0.15, 0.2) is 5.69 Å². The minimum absolute atomic E-state index is 0.0553. The predicted octanol–water partition coefficient (Wildman–Crippen LogP) is 5.07. The number of piperidine rings is 1. The first-order chi connectivity index (χ1) is 15.7. The monoisotopic (exact) mass is 470 g/mol. The molecule has 0 bridgehead atoms. The molecule has 0 spiro atoms. The maximum atomic E-state index is 13.2.